The van der Waals surface area contributed by atoms with Crippen LogP contribution in [-0.2, 0) is 14.3 Å². The topological polar surface area (TPSA) is 89.6 Å². The predicted octanol–water partition coefficient (Wildman–Crippen LogP) is 1.79. The van der Waals surface area contributed by atoms with Gasteiger partial charge in [0, 0.05) is 0 Å². The summed E-state index contributed by atoms with van der Waals surface area (Å²) in [7, 11) is 0. The monoisotopic (exact) mass is 259 g/mol. The Morgan fingerprint density at radius 3 is 1.94 bits per heavy atom. The summed E-state index contributed by atoms with van der Waals surface area (Å²) in [5, 5.41) is 9.01. The molecule has 0 radical (unpaired) electrons. The van der Waals surface area contributed by atoms with E-state index in [-0.39, 0.29) is 5.92 Å². The van der Waals surface area contributed by atoms with Crippen LogP contribution in [0.5, 0.6) is 0 Å². The Kier molecular flexibility index (Phi) is 6.32. The minimum absolute atomic E-state index is 0.0778. The number of esters is 1. The number of carboxylic acid groups (broad SMARTS) is 1. The number of rotatable bonds is 6. The second-order valence-electron chi connectivity index (χ2n) is 5.50. The average Bonchev–Trinajstić information content (AvgIpc) is 2.21. The molecule has 0 saturated carbocycles. The van der Waals surface area contributed by atoms with E-state index < -0.39 is 29.5 Å². The van der Waals surface area contributed by atoms with Crippen LogP contribution in [0.2, 0.25) is 0 Å². The van der Waals surface area contributed by atoms with E-state index in [0.717, 1.165) is 0 Å². The molecule has 3 N–H and O–H groups in total. The fourth-order valence-electron chi connectivity index (χ4n) is 1.95. The molecule has 2 unspecified atom stereocenters. The van der Waals surface area contributed by atoms with Crippen LogP contribution in [0.15, 0.2) is 0 Å². The second-order valence-corrected chi connectivity index (χ2v) is 5.50. The highest BCUT2D eigenvalue weighted by atomic mass is 16.6. The molecule has 0 aromatic heterocycles. The smallest absolute Gasteiger partial charge is 0.321 e. The fourth-order valence-corrected chi connectivity index (χ4v) is 1.95. The first-order valence-electron chi connectivity index (χ1n) is 6.35. The Morgan fingerprint density at radius 2 is 1.67 bits per heavy atom. The molecule has 0 aliphatic rings. The number of ether oxygens (including phenoxy) is 1. The zero-order valence-electron chi connectivity index (χ0n) is 11.9. The molecule has 5 nitrogen and oxygen atoms in total. The minimum atomic E-state index is -1.22. The van der Waals surface area contributed by atoms with E-state index in [1.54, 1.807) is 20.8 Å². The number of nitrogens with two attached hydrogens (primary N) is 1. The Labute approximate surface area is 109 Å². The lowest BCUT2D eigenvalue weighted by Gasteiger charge is -2.30. The molecular formula is C13H25NO4. The van der Waals surface area contributed by atoms with Crippen LogP contribution in [-0.4, -0.2) is 28.7 Å². The van der Waals surface area contributed by atoms with Crippen molar-refractivity contribution in [2.75, 3.05) is 0 Å². The van der Waals surface area contributed by atoms with Gasteiger partial charge in [-0.3, -0.25) is 9.59 Å². The Morgan fingerprint density at radius 1 is 1.22 bits per heavy atom. The highest BCUT2D eigenvalue weighted by molar-refractivity contribution is 5.83. The summed E-state index contributed by atoms with van der Waals surface area (Å²) in [4.78, 5) is 23.1. The maximum absolute atomic E-state index is 12.1. The minimum Gasteiger partial charge on any atom is -0.480 e. The van der Waals surface area contributed by atoms with Crippen molar-refractivity contribution >= 4 is 11.9 Å². The molecule has 0 aromatic rings. The third kappa shape index (κ3) is 5.04. The van der Waals surface area contributed by atoms with Crippen LogP contribution in [0.4, 0.5) is 0 Å². The van der Waals surface area contributed by atoms with E-state index in [1.807, 2.05) is 13.8 Å². The van der Waals surface area contributed by atoms with Crippen molar-refractivity contribution in [2.24, 2.45) is 17.6 Å². The molecule has 0 rings (SSSR count). The van der Waals surface area contributed by atoms with Crippen LogP contribution in [0.25, 0.3) is 0 Å². The van der Waals surface area contributed by atoms with Crippen molar-refractivity contribution in [1.29, 1.82) is 0 Å². The van der Waals surface area contributed by atoms with Gasteiger partial charge in [-0.05, 0) is 26.7 Å². The quantitative estimate of drug-likeness (QED) is 0.710. The molecule has 0 spiro atoms. The summed E-state index contributed by atoms with van der Waals surface area (Å²) >= 11 is 0. The van der Waals surface area contributed by atoms with Gasteiger partial charge in [-0.15, -0.1) is 0 Å². The highest BCUT2D eigenvalue weighted by Crippen LogP contribution is 2.25. The van der Waals surface area contributed by atoms with Gasteiger partial charge in [0.1, 0.15) is 11.6 Å². The SMILES string of the molecule is CCC(CC)C(C(=O)OC(C)(C)C)C(N)C(=O)O. The summed E-state index contributed by atoms with van der Waals surface area (Å²) in [6.45, 7) is 9.09. The third-order valence-electron chi connectivity index (χ3n) is 2.91. The fraction of sp³-hybridized carbons (Fsp3) is 0.846. The molecule has 0 amide bonds. The summed E-state index contributed by atoms with van der Waals surface area (Å²) < 4.78 is 5.27. The van der Waals surface area contributed by atoms with Gasteiger partial charge in [0.15, 0.2) is 0 Å². The Bertz CT molecular complexity index is 292. The maximum Gasteiger partial charge on any atom is 0.321 e. The van der Waals surface area contributed by atoms with E-state index in [2.05, 4.69) is 0 Å². The zero-order valence-corrected chi connectivity index (χ0v) is 11.9. The number of carbonyl (C=O) groups excluding carboxylic acids is 1. The molecule has 0 heterocycles. The molecular weight excluding hydrogens is 234 g/mol. The molecule has 0 aliphatic carbocycles. The van der Waals surface area contributed by atoms with E-state index in [1.165, 1.54) is 0 Å². The van der Waals surface area contributed by atoms with E-state index >= 15 is 0 Å². The van der Waals surface area contributed by atoms with Gasteiger partial charge < -0.3 is 15.6 Å². The highest BCUT2D eigenvalue weighted by Gasteiger charge is 2.38. The summed E-state index contributed by atoms with van der Waals surface area (Å²) in [5.74, 6) is -2.56. The first-order chi connectivity index (χ1) is 8.14. The lowest BCUT2D eigenvalue weighted by atomic mass is 9.82. The number of carboxylic acids is 1. The molecule has 0 fully saturated rings. The van der Waals surface area contributed by atoms with E-state index in [0.29, 0.717) is 12.8 Å². The molecule has 18 heavy (non-hydrogen) atoms. The molecule has 0 bridgehead atoms. The van der Waals surface area contributed by atoms with Gasteiger partial charge in [0.25, 0.3) is 0 Å². The summed E-state index contributed by atoms with van der Waals surface area (Å²) in [5.41, 5.74) is 4.99. The van der Waals surface area contributed by atoms with Crippen molar-refractivity contribution in [1.82, 2.24) is 0 Å². The predicted molar refractivity (Wildman–Crippen MR) is 69.0 cm³/mol. The number of aliphatic carboxylic acids is 1. The van der Waals surface area contributed by atoms with Gasteiger partial charge in [0.2, 0.25) is 0 Å². The van der Waals surface area contributed by atoms with Crippen LogP contribution in [0, 0.1) is 11.8 Å². The molecule has 0 aromatic carbocycles. The van der Waals surface area contributed by atoms with Gasteiger partial charge in [-0.1, -0.05) is 26.7 Å². The first-order valence-corrected chi connectivity index (χ1v) is 6.35. The standard InChI is InChI=1S/C13H25NO4/c1-6-8(7-2)9(10(14)11(15)16)12(17)18-13(3,4)5/h8-10H,6-7,14H2,1-5H3,(H,15,16). The Balaban J connectivity index is 5.08. The van der Waals surface area contributed by atoms with Gasteiger partial charge in [0.05, 0.1) is 5.92 Å². The Hall–Kier alpha value is -1.10. The lowest BCUT2D eigenvalue weighted by molar-refractivity contribution is -0.166. The molecule has 5 heteroatoms. The van der Waals surface area contributed by atoms with Crippen molar-refractivity contribution < 1.29 is 19.4 Å². The van der Waals surface area contributed by atoms with Gasteiger partial charge in [-0.25, -0.2) is 0 Å². The van der Waals surface area contributed by atoms with Crippen LogP contribution >= 0.6 is 0 Å². The summed E-state index contributed by atoms with van der Waals surface area (Å²) in [6, 6.07) is -1.22. The maximum atomic E-state index is 12.1. The summed E-state index contributed by atoms with van der Waals surface area (Å²) in [6.07, 6.45) is 1.39. The third-order valence-corrected chi connectivity index (χ3v) is 2.91. The van der Waals surface area contributed by atoms with Crippen molar-refractivity contribution in [3.8, 4) is 0 Å². The lowest BCUT2D eigenvalue weighted by Crippen LogP contribution is -2.47. The van der Waals surface area contributed by atoms with Crippen LogP contribution in [0.3, 0.4) is 0 Å². The number of hydrogen-bond acceptors (Lipinski definition) is 4. The molecule has 2 atom stereocenters. The normalized spacial score (nSPS) is 15.3. The van der Waals surface area contributed by atoms with Gasteiger partial charge >= 0.3 is 11.9 Å². The number of carbonyl (C=O) groups is 2. The number of hydrogen-bond donors (Lipinski definition) is 2. The first kappa shape index (κ1) is 16.9. The van der Waals surface area contributed by atoms with Crippen molar-refractivity contribution in [3.63, 3.8) is 0 Å². The largest absolute Gasteiger partial charge is 0.480 e. The van der Waals surface area contributed by atoms with E-state index in [9.17, 15) is 9.59 Å². The molecule has 0 saturated heterocycles. The second kappa shape index (κ2) is 6.73. The molecule has 106 valence electrons. The van der Waals surface area contributed by atoms with E-state index in [4.69, 9.17) is 15.6 Å². The average molecular weight is 259 g/mol. The van der Waals surface area contributed by atoms with Crippen molar-refractivity contribution in [2.45, 2.75) is 59.1 Å². The van der Waals surface area contributed by atoms with Gasteiger partial charge in [-0.2, -0.15) is 0 Å². The zero-order chi connectivity index (χ0) is 14.5. The molecule has 0 aliphatic heterocycles. The van der Waals surface area contributed by atoms with Crippen molar-refractivity contribution in [3.05, 3.63) is 0 Å². The van der Waals surface area contributed by atoms with Crippen LogP contribution in [0.1, 0.15) is 47.5 Å². The van der Waals surface area contributed by atoms with Crippen LogP contribution < -0.4 is 5.73 Å².